The third-order valence-electron chi connectivity index (χ3n) is 6.94. The van der Waals surface area contributed by atoms with Crippen LogP contribution < -0.4 is 19.5 Å². The van der Waals surface area contributed by atoms with Crippen LogP contribution in [0.25, 0.3) is 0 Å². The third kappa shape index (κ3) is 6.52. The number of amides is 1. The van der Waals surface area contributed by atoms with Crippen molar-refractivity contribution in [2.45, 2.75) is 13.1 Å². The quantitative estimate of drug-likeness (QED) is 0.375. The van der Waals surface area contributed by atoms with Crippen LogP contribution in [-0.2, 0) is 17.8 Å². The third-order valence-corrected chi connectivity index (χ3v) is 6.94. The van der Waals surface area contributed by atoms with Gasteiger partial charge in [0.2, 0.25) is 5.75 Å². The summed E-state index contributed by atoms with van der Waals surface area (Å²) in [5.74, 6) is 0.117. The van der Waals surface area contributed by atoms with Gasteiger partial charge in [0, 0.05) is 50.5 Å². The van der Waals surface area contributed by atoms with Gasteiger partial charge in [0.05, 0.1) is 39.6 Å². The van der Waals surface area contributed by atoms with E-state index in [1.807, 2.05) is 12.1 Å². The Morgan fingerprint density at radius 3 is 2.02 bits per heavy atom. The lowest BCUT2D eigenvalue weighted by atomic mass is 10.1. The van der Waals surface area contributed by atoms with Crippen LogP contribution in [0.1, 0.15) is 31.8 Å². The number of hydrogen-bond donors (Lipinski definition) is 1. The molecule has 4 rings (SSSR count). The van der Waals surface area contributed by atoms with Crippen molar-refractivity contribution in [1.29, 1.82) is 0 Å². The fourth-order valence-corrected chi connectivity index (χ4v) is 4.79. The van der Waals surface area contributed by atoms with Crippen molar-refractivity contribution in [2.75, 3.05) is 59.9 Å². The number of ether oxygens (including phenoxy) is 4. The Balaban J connectivity index is 1.46. The van der Waals surface area contributed by atoms with Gasteiger partial charge in [-0.2, -0.15) is 0 Å². The van der Waals surface area contributed by atoms with Gasteiger partial charge in [0.1, 0.15) is 5.82 Å². The molecule has 0 aliphatic carbocycles. The number of methoxy groups -OCH3 is 4. The first-order valence-corrected chi connectivity index (χ1v) is 12.9. The van der Waals surface area contributed by atoms with E-state index in [9.17, 15) is 14.0 Å². The predicted octanol–water partition coefficient (Wildman–Crippen LogP) is 4.21. The van der Waals surface area contributed by atoms with Gasteiger partial charge in [-0.25, -0.2) is 9.18 Å². The molecule has 1 saturated heterocycles. The zero-order valence-corrected chi connectivity index (χ0v) is 23.2. The second-order valence-corrected chi connectivity index (χ2v) is 9.34. The molecule has 212 valence electrons. The van der Waals surface area contributed by atoms with Gasteiger partial charge >= 0.3 is 5.97 Å². The van der Waals surface area contributed by atoms with Crippen LogP contribution in [0.5, 0.6) is 17.2 Å². The molecule has 0 radical (unpaired) electrons. The molecule has 0 atom stereocenters. The second-order valence-electron chi connectivity index (χ2n) is 9.34. The molecule has 0 spiro atoms. The number of nitrogens with one attached hydrogen (secondary N) is 1. The highest BCUT2D eigenvalue weighted by atomic mass is 19.1. The fraction of sp³-hybridized carbons (Fsp3) is 0.333. The molecule has 0 bridgehead atoms. The molecule has 1 heterocycles. The van der Waals surface area contributed by atoms with Crippen LogP contribution in [0.4, 0.5) is 10.1 Å². The zero-order valence-electron chi connectivity index (χ0n) is 23.2. The average Bonchev–Trinajstić information content (AvgIpc) is 2.98. The van der Waals surface area contributed by atoms with Crippen LogP contribution in [0.3, 0.4) is 0 Å². The average molecular weight is 552 g/mol. The number of halogens is 1. The monoisotopic (exact) mass is 551 g/mol. The van der Waals surface area contributed by atoms with E-state index in [4.69, 9.17) is 18.9 Å². The second kappa shape index (κ2) is 13.3. The fourth-order valence-electron chi connectivity index (χ4n) is 4.79. The van der Waals surface area contributed by atoms with Crippen LogP contribution in [0.2, 0.25) is 0 Å². The topological polar surface area (TPSA) is 89.6 Å². The lowest BCUT2D eigenvalue weighted by molar-refractivity contribution is 0.0600. The lowest BCUT2D eigenvalue weighted by Gasteiger charge is -2.35. The van der Waals surface area contributed by atoms with Crippen molar-refractivity contribution in [3.8, 4) is 17.2 Å². The maximum Gasteiger partial charge on any atom is 0.337 e. The highest BCUT2D eigenvalue weighted by molar-refractivity contribution is 6.05. The Hall–Kier alpha value is -4.15. The van der Waals surface area contributed by atoms with Crippen LogP contribution in [0.15, 0.2) is 54.6 Å². The highest BCUT2D eigenvalue weighted by Crippen LogP contribution is 2.40. The Morgan fingerprint density at radius 1 is 0.800 bits per heavy atom. The molecule has 0 unspecified atom stereocenters. The minimum Gasteiger partial charge on any atom is -0.493 e. The molecule has 1 aliphatic heterocycles. The zero-order chi connectivity index (χ0) is 28.6. The van der Waals surface area contributed by atoms with E-state index in [1.54, 1.807) is 45.6 Å². The molecule has 1 aliphatic rings. The Labute approximate surface area is 233 Å². The number of benzene rings is 3. The van der Waals surface area contributed by atoms with E-state index < -0.39 is 17.7 Å². The molecule has 40 heavy (non-hydrogen) atoms. The van der Waals surface area contributed by atoms with E-state index in [2.05, 4.69) is 15.1 Å². The van der Waals surface area contributed by atoms with E-state index in [0.29, 0.717) is 41.6 Å². The Kier molecular flexibility index (Phi) is 9.57. The molecule has 3 aromatic carbocycles. The predicted molar refractivity (Wildman–Crippen MR) is 149 cm³/mol. The summed E-state index contributed by atoms with van der Waals surface area (Å²) in [5.41, 5.74) is 2.48. The maximum absolute atomic E-state index is 14.2. The summed E-state index contributed by atoms with van der Waals surface area (Å²) in [7, 11) is 6.10. The molecule has 0 aromatic heterocycles. The van der Waals surface area contributed by atoms with Crippen LogP contribution >= 0.6 is 0 Å². The Morgan fingerprint density at radius 2 is 1.43 bits per heavy atom. The number of hydrogen-bond acceptors (Lipinski definition) is 8. The van der Waals surface area contributed by atoms with Gasteiger partial charge in [-0.15, -0.1) is 0 Å². The first kappa shape index (κ1) is 28.8. The molecule has 9 nitrogen and oxygen atoms in total. The molecular formula is C30H34FN3O6. The number of anilines is 1. The largest absolute Gasteiger partial charge is 0.493 e. The van der Waals surface area contributed by atoms with Crippen molar-refractivity contribution >= 4 is 17.6 Å². The number of nitrogens with zero attached hydrogens (tertiary/aromatic N) is 2. The SMILES string of the molecule is COC(=O)c1ccc(CN2CCN(Cc3ccc(OC)c(OC)c3OC)CC2)c(NC(=O)c2ccccc2F)c1. The minimum atomic E-state index is -0.618. The summed E-state index contributed by atoms with van der Waals surface area (Å²) in [5, 5.41) is 2.79. The van der Waals surface area contributed by atoms with Crippen molar-refractivity contribution in [1.82, 2.24) is 9.80 Å². The highest BCUT2D eigenvalue weighted by Gasteiger charge is 2.23. The molecule has 10 heteroatoms. The first-order chi connectivity index (χ1) is 19.4. The van der Waals surface area contributed by atoms with E-state index in [1.165, 1.54) is 25.3 Å². The van der Waals surface area contributed by atoms with E-state index in [0.717, 1.165) is 37.3 Å². The summed E-state index contributed by atoms with van der Waals surface area (Å²) in [6, 6.07) is 14.7. The number of rotatable bonds is 10. The van der Waals surface area contributed by atoms with E-state index in [-0.39, 0.29) is 5.56 Å². The van der Waals surface area contributed by atoms with Crippen molar-refractivity contribution in [3.63, 3.8) is 0 Å². The smallest absolute Gasteiger partial charge is 0.337 e. The number of piperazine rings is 1. The van der Waals surface area contributed by atoms with Crippen LogP contribution in [0, 0.1) is 5.82 Å². The van der Waals surface area contributed by atoms with Crippen molar-refractivity contribution in [3.05, 3.63) is 82.7 Å². The normalized spacial score (nSPS) is 13.9. The number of esters is 1. The minimum absolute atomic E-state index is 0.0730. The number of carbonyl (C=O) groups is 2. The number of carbonyl (C=O) groups excluding carboxylic acids is 2. The summed E-state index contributed by atoms with van der Waals surface area (Å²) in [4.78, 5) is 29.6. The summed E-state index contributed by atoms with van der Waals surface area (Å²) >= 11 is 0. The summed E-state index contributed by atoms with van der Waals surface area (Å²) < 4.78 is 35.6. The summed E-state index contributed by atoms with van der Waals surface area (Å²) in [6.07, 6.45) is 0. The van der Waals surface area contributed by atoms with Gasteiger partial charge in [-0.3, -0.25) is 14.6 Å². The van der Waals surface area contributed by atoms with Crippen molar-refractivity contribution < 1.29 is 32.9 Å². The van der Waals surface area contributed by atoms with E-state index >= 15 is 0 Å². The molecular weight excluding hydrogens is 517 g/mol. The lowest BCUT2D eigenvalue weighted by Crippen LogP contribution is -2.45. The van der Waals surface area contributed by atoms with Gasteiger partial charge in [0.15, 0.2) is 11.5 Å². The molecule has 0 saturated carbocycles. The molecule has 1 N–H and O–H groups in total. The van der Waals surface area contributed by atoms with Gasteiger partial charge < -0.3 is 24.3 Å². The van der Waals surface area contributed by atoms with Gasteiger partial charge in [-0.05, 0) is 35.9 Å². The van der Waals surface area contributed by atoms with Gasteiger partial charge in [0.25, 0.3) is 5.91 Å². The van der Waals surface area contributed by atoms with Gasteiger partial charge in [-0.1, -0.05) is 24.3 Å². The first-order valence-electron chi connectivity index (χ1n) is 12.9. The maximum atomic E-state index is 14.2. The van der Waals surface area contributed by atoms with Crippen LogP contribution in [-0.4, -0.2) is 76.3 Å². The van der Waals surface area contributed by atoms with Crippen molar-refractivity contribution in [2.24, 2.45) is 0 Å². The molecule has 1 amide bonds. The molecule has 3 aromatic rings. The summed E-state index contributed by atoms with van der Waals surface area (Å²) in [6.45, 7) is 4.43. The standard InChI is InChI=1S/C30H34FN3O6/c1-37-26-12-11-22(27(38-2)28(26)39-3)19-34-15-13-33(14-16-34)18-21-10-9-20(30(36)40-4)17-25(21)32-29(35)23-7-5-6-8-24(23)31/h5-12,17H,13-16,18-19H2,1-4H3,(H,32,35). The Bertz CT molecular complexity index is 1360. The molecule has 1 fully saturated rings.